The zero-order chi connectivity index (χ0) is 15.3. The SMILES string of the molecule is O=C(OCc1ccccc1)C(C1CCNCC1)S(=O)(=O)O. The van der Waals surface area contributed by atoms with Crippen LogP contribution < -0.4 is 5.32 Å². The van der Waals surface area contributed by atoms with E-state index in [0.717, 1.165) is 5.56 Å². The quantitative estimate of drug-likeness (QED) is 0.622. The van der Waals surface area contributed by atoms with Crippen molar-refractivity contribution in [1.29, 1.82) is 0 Å². The monoisotopic (exact) mass is 313 g/mol. The van der Waals surface area contributed by atoms with Gasteiger partial charge in [0.1, 0.15) is 6.61 Å². The maximum Gasteiger partial charge on any atom is 0.327 e. The Morgan fingerprint density at radius 3 is 2.48 bits per heavy atom. The third-order valence-corrected chi connectivity index (χ3v) is 4.81. The van der Waals surface area contributed by atoms with Gasteiger partial charge >= 0.3 is 5.97 Å². The minimum atomic E-state index is -4.47. The van der Waals surface area contributed by atoms with Crippen LogP contribution in [0.5, 0.6) is 0 Å². The van der Waals surface area contributed by atoms with E-state index in [9.17, 15) is 17.8 Å². The van der Waals surface area contributed by atoms with Crippen LogP contribution in [0.1, 0.15) is 18.4 Å². The molecule has 0 amide bonds. The molecule has 1 aromatic rings. The highest BCUT2D eigenvalue weighted by Gasteiger charge is 2.40. The van der Waals surface area contributed by atoms with E-state index in [1.165, 1.54) is 0 Å². The molecule has 0 spiro atoms. The first-order valence-electron chi connectivity index (χ1n) is 6.86. The molecule has 0 bridgehead atoms. The fourth-order valence-corrected chi connectivity index (χ4v) is 3.58. The molecule has 1 unspecified atom stereocenters. The zero-order valence-electron chi connectivity index (χ0n) is 11.6. The Kier molecular flexibility index (Phi) is 5.33. The number of carbonyl (C=O) groups is 1. The standard InChI is InChI=1S/C14H19NO5S/c16-14(20-10-11-4-2-1-3-5-11)13(21(17,18)19)12-6-8-15-9-7-12/h1-5,12-13,15H,6-10H2,(H,17,18,19). The normalized spacial score (nSPS) is 18.1. The van der Waals surface area contributed by atoms with Gasteiger partial charge in [0.05, 0.1) is 0 Å². The van der Waals surface area contributed by atoms with Crippen molar-refractivity contribution in [2.24, 2.45) is 5.92 Å². The number of nitrogens with one attached hydrogen (secondary N) is 1. The summed E-state index contributed by atoms with van der Waals surface area (Å²) in [7, 11) is -4.47. The minimum absolute atomic E-state index is 0.00331. The molecule has 1 aliphatic rings. The summed E-state index contributed by atoms with van der Waals surface area (Å²) >= 11 is 0. The Bertz CT molecular complexity index is 566. The van der Waals surface area contributed by atoms with Crippen LogP contribution in [0.15, 0.2) is 30.3 Å². The highest BCUT2D eigenvalue weighted by Crippen LogP contribution is 2.23. The molecule has 1 atom stereocenters. The summed E-state index contributed by atoms with van der Waals surface area (Å²) in [5.41, 5.74) is 0.769. The maximum absolute atomic E-state index is 12.1. The highest BCUT2D eigenvalue weighted by atomic mass is 32.2. The van der Waals surface area contributed by atoms with Gasteiger partial charge in [-0.2, -0.15) is 8.42 Å². The van der Waals surface area contributed by atoms with Crippen LogP contribution in [-0.2, 0) is 26.3 Å². The number of piperidine rings is 1. The number of esters is 1. The summed E-state index contributed by atoms with van der Waals surface area (Å²) in [6.45, 7) is 1.25. The van der Waals surface area contributed by atoms with Crippen molar-refractivity contribution in [1.82, 2.24) is 5.32 Å². The van der Waals surface area contributed by atoms with E-state index >= 15 is 0 Å². The second kappa shape index (κ2) is 7.02. The predicted octanol–water partition coefficient (Wildman–Crippen LogP) is 0.986. The fourth-order valence-electron chi connectivity index (χ4n) is 2.52. The van der Waals surface area contributed by atoms with Crippen LogP contribution in [0.4, 0.5) is 0 Å². The lowest BCUT2D eigenvalue weighted by Crippen LogP contribution is -2.43. The molecule has 2 N–H and O–H groups in total. The molecular formula is C14H19NO5S. The average molecular weight is 313 g/mol. The molecule has 7 heteroatoms. The summed E-state index contributed by atoms with van der Waals surface area (Å²) in [5.74, 6) is -1.29. The van der Waals surface area contributed by atoms with Gasteiger partial charge in [-0.1, -0.05) is 30.3 Å². The second-order valence-corrected chi connectivity index (χ2v) is 6.65. The molecule has 6 nitrogen and oxygen atoms in total. The van der Waals surface area contributed by atoms with Crippen LogP contribution in [0.3, 0.4) is 0 Å². The van der Waals surface area contributed by atoms with Crippen molar-refractivity contribution in [2.45, 2.75) is 24.7 Å². The molecule has 0 saturated carbocycles. The molecule has 0 aromatic heterocycles. The summed E-state index contributed by atoms with van der Waals surface area (Å²) < 4.78 is 37.5. The van der Waals surface area contributed by atoms with Gasteiger partial charge in [0.25, 0.3) is 10.1 Å². The second-order valence-electron chi connectivity index (χ2n) is 5.12. The third kappa shape index (κ3) is 4.52. The minimum Gasteiger partial charge on any atom is -0.460 e. The van der Waals surface area contributed by atoms with Crippen LogP contribution in [0.25, 0.3) is 0 Å². The first-order valence-corrected chi connectivity index (χ1v) is 8.36. The molecule has 116 valence electrons. The van der Waals surface area contributed by atoms with Gasteiger partial charge in [-0.3, -0.25) is 9.35 Å². The van der Waals surface area contributed by atoms with Crippen molar-refractivity contribution >= 4 is 16.1 Å². The summed E-state index contributed by atoms with van der Waals surface area (Å²) in [6, 6.07) is 8.99. The van der Waals surface area contributed by atoms with Crippen LogP contribution in [0, 0.1) is 5.92 Å². The lowest BCUT2D eigenvalue weighted by molar-refractivity contribution is -0.145. The average Bonchev–Trinajstić information content (AvgIpc) is 2.46. The Balaban J connectivity index is 2.04. The third-order valence-electron chi connectivity index (χ3n) is 3.59. The van der Waals surface area contributed by atoms with E-state index < -0.39 is 27.3 Å². The maximum atomic E-state index is 12.1. The van der Waals surface area contributed by atoms with Crippen LogP contribution in [0.2, 0.25) is 0 Å². The van der Waals surface area contributed by atoms with Gasteiger partial charge in [-0.25, -0.2) is 0 Å². The molecule has 0 radical (unpaired) electrons. The molecule has 1 fully saturated rings. The molecule has 1 aromatic carbocycles. The van der Waals surface area contributed by atoms with Crippen molar-refractivity contribution in [3.8, 4) is 0 Å². The number of hydrogen-bond acceptors (Lipinski definition) is 5. The Hall–Kier alpha value is -1.44. The van der Waals surface area contributed by atoms with E-state index in [1.807, 2.05) is 6.07 Å². The molecule has 1 saturated heterocycles. The first kappa shape index (κ1) is 15.9. The van der Waals surface area contributed by atoms with Gasteiger partial charge in [-0.15, -0.1) is 0 Å². The molecule has 1 aliphatic heterocycles. The number of hydrogen-bond donors (Lipinski definition) is 2. The Morgan fingerprint density at radius 2 is 1.90 bits per heavy atom. The van der Waals surface area contributed by atoms with Gasteiger partial charge in [0.15, 0.2) is 5.25 Å². The largest absolute Gasteiger partial charge is 0.460 e. The number of rotatable bonds is 5. The zero-order valence-corrected chi connectivity index (χ0v) is 12.4. The van der Waals surface area contributed by atoms with E-state index in [0.29, 0.717) is 25.9 Å². The van der Waals surface area contributed by atoms with Crippen LogP contribution >= 0.6 is 0 Å². The lowest BCUT2D eigenvalue weighted by Gasteiger charge is -2.27. The van der Waals surface area contributed by atoms with Gasteiger partial charge in [0.2, 0.25) is 0 Å². The van der Waals surface area contributed by atoms with Crippen molar-refractivity contribution in [3.63, 3.8) is 0 Å². The summed E-state index contributed by atoms with van der Waals surface area (Å²) in [6.07, 6.45) is 1.04. The predicted molar refractivity (Wildman–Crippen MR) is 77.2 cm³/mol. The smallest absolute Gasteiger partial charge is 0.327 e. The van der Waals surface area contributed by atoms with E-state index in [-0.39, 0.29) is 6.61 Å². The van der Waals surface area contributed by atoms with E-state index in [4.69, 9.17) is 4.74 Å². The number of ether oxygens (including phenoxy) is 1. The van der Waals surface area contributed by atoms with Crippen LogP contribution in [-0.4, -0.2) is 37.3 Å². The van der Waals surface area contributed by atoms with Crippen molar-refractivity contribution in [2.75, 3.05) is 13.1 Å². The fraction of sp³-hybridized carbons (Fsp3) is 0.500. The number of carbonyl (C=O) groups excluding carboxylic acids is 1. The van der Waals surface area contributed by atoms with E-state index in [2.05, 4.69) is 5.32 Å². The molecule has 1 heterocycles. The topological polar surface area (TPSA) is 92.7 Å². The van der Waals surface area contributed by atoms with Gasteiger partial charge in [-0.05, 0) is 37.4 Å². The molecule has 0 aliphatic carbocycles. The van der Waals surface area contributed by atoms with Gasteiger partial charge in [0, 0.05) is 0 Å². The molecular weight excluding hydrogens is 294 g/mol. The molecule has 2 rings (SSSR count). The Morgan fingerprint density at radius 1 is 1.29 bits per heavy atom. The van der Waals surface area contributed by atoms with Gasteiger partial charge < -0.3 is 10.1 Å². The first-order chi connectivity index (χ1) is 9.98. The highest BCUT2D eigenvalue weighted by molar-refractivity contribution is 7.87. The summed E-state index contributed by atoms with van der Waals surface area (Å²) in [4.78, 5) is 12.1. The Labute approximate surface area is 124 Å². The van der Waals surface area contributed by atoms with Crippen molar-refractivity contribution in [3.05, 3.63) is 35.9 Å². The lowest BCUT2D eigenvalue weighted by atomic mass is 9.94. The summed E-state index contributed by atoms with van der Waals surface area (Å²) in [5, 5.41) is 1.59. The number of benzene rings is 1. The van der Waals surface area contributed by atoms with Crippen molar-refractivity contribution < 1.29 is 22.5 Å². The molecule has 21 heavy (non-hydrogen) atoms. The van der Waals surface area contributed by atoms with E-state index in [1.54, 1.807) is 24.3 Å².